The lowest BCUT2D eigenvalue weighted by Crippen LogP contribution is -2.59. The number of esters is 1. The second-order valence-corrected chi connectivity index (χ2v) is 7.82. The van der Waals surface area contributed by atoms with Crippen LogP contribution in [0.15, 0.2) is 0 Å². The Morgan fingerprint density at radius 3 is 2.65 bits per heavy atom. The van der Waals surface area contributed by atoms with Crippen LogP contribution in [0.2, 0.25) is 0 Å². The van der Waals surface area contributed by atoms with Gasteiger partial charge in [-0.15, -0.1) is 11.8 Å². The third-order valence-electron chi connectivity index (χ3n) is 3.74. The molecule has 0 unspecified atom stereocenters. The Bertz CT molecular complexity index is 520. The first-order valence-electron chi connectivity index (χ1n) is 7.28. The summed E-state index contributed by atoms with van der Waals surface area (Å²) in [6.07, 6.45) is -0.569. The van der Waals surface area contributed by atoms with Gasteiger partial charge in [0, 0.05) is 12.2 Å². The summed E-state index contributed by atoms with van der Waals surface area (Å²) in [5.41, 5.74) is -2.19. The van der Waals surface area contributed by atoms with E-state index in [1.54, 1.807) is 20.8 Å². The first kappa shape index (κ1) is 17.9. The van der Waals surface area contributed by atoms with E-state index in [0.717, 1.165) is 0 Å². The summed E-state index contributed by atoms with van der Waals surface area (Å²) in [6, 6.07) is -0.698. The number of alkyl carbamates (subject to hydrolysis) is 1. The van der Waals surface area contributed by atoms with Crippen LogP contribution in [0.4, 0.5) is 4.79 Å². The second kappa shape index (κ2) is 6.20. The third-order valence-corrected chi connectivity index (χ3v) is 5.03. The topological polar surface area (TPSA) is 105 Å². The molecule has 0 bridgehead atoms. The summed E-state index contributed by atoms with van der Waals surface area (Å²) < 4.78 is 9.88. The first-order chi connectivity index (χ1) is 10.6. The predicted octanol–water partition coefficient (Wildman–Crippen LogP) is 0.0890. The molecule has 9 heteroatoms. The highest BCUT2D eigenvalue weighted by molar-refractivity contribution is 8.00. The molecule has 0 aromatic carbocycles. The van der Waals surface area contributed by atoms with Crippen molar-refractivity contribution in [1.29, 1.82) is 0 Å². The molecule has 0 radical (unpaired) electrons. The van der Waals surface area contributed by atoms with Crippen molar-refractivity contribution in [1.82, 2.24) is 10.2 Å². The van der Waals surface area contributed by atoms with Crippen LogP contribution >= 0.6 is 11.8 Å². The lowest BCUT2D eigenvalue weighted by Gasteiger charge is -2.29. The molecule has 2 rings (SSSR count). The standard InChI is InChI=1S/C14H22N2O6S/c1-13(2,3)22-12(20)15-14(7-17)5-9-16(11(14)19)8(6-23-9)10(18)21-4/h8-9,17H,5-7H2,1-4H3,(H,15,20)/t8-,9-,14-/m0/s1. The molecule has 2 fully saturated rings. The first-order valence-corrected chi connectivity index (χ1v) is 8.32. The van der Waals surface area contributed by atoms with Crippen molar-refractivity contribution < 1.29 is 29.0 Å². The highest BCUT2D eigenvalue weighted by Gasteiger charge is 2.59. The van der Waals surface area contributed by atoms with Crippen LogP contribution in [0.1, 0.15) is 27.2 Å². The normalized spacial score (nSPS) is 30.1. The number of fused-ring (bicyclic) bond motifs is 1. The fraction of sp³-hybridized carbons (Fsp3) is 0.786. The Kier molecular flexibility index (Phi) is 4.81. The molecule has 2 N–H and O–H groups in total. The fourth-order valence-electron chi connectivity index (χ4n) is 2.72. The van der Waals surface area contributed by atoms with Crippen molar-refractivity contribution in [2.45, 2.75) is 49.7 Å². The van der Waals surface area contributed by atoms with Crippen LogP contribution in [0, 0.1) is 0 Å². The average molecular weight is 346 g/mol. The van der Waals surface area contributed by atoms with E-state index in [1.807, 2.05) is 0 Å². The summed E-state index contributed by atoms with van der Waals surface area (Å²) in [4.78, 5) is 37.9. The lowest BCUT2D eigenvalue weighted by atomic mass is 9.99. The molecule has 2 heterocycles. The largest absolute Gasteiger partial charge is 0.467 e. The summed E-state index contributed by atoms with van der Waals surface area (Å²) in [5, 5.41) is 11.9. The molecule has 2 saturated heterocycles. The van der Waals surface area contributed by atoms with E-state index in [4.69, 9.17) is 9.47 Å². The Labute approximate surface area is 138 Å². The van der Waals surface area contributed by atoms with Gasteiger partial charge in [-0.1, -0.05) is 0 Å². The van der Waals surface area contributed by atoms with E-state index in [-0.39, 0.29) is 11.8 Å². The minimum absolute atomic E-state index is 0.208. The quantitative estimate of drug-likeness (QED) is 0.698. The second-order valence-electron chi connectivity index (χ2n) is 6.61. The van der Waals surface area contributed by atoms with Gasteiger partial charge in [0.05, 0.1) is 19.1 Å². The molecule has 0 spiro atoms. The van der Waals surface area contributed by atoms with Crippen molar-refractivity contribution in [2.75, 3.05) is 19.5 Å². The highest BCUT2D eigenvalue weighted by Crippen LogP contribution is 2.42. The molecule has 3 atom stereocenters. The van der Waals surface area contributed by atoms with E-state index in [2.05, 4.69) is 5.32 Å². The molecule has 8 nitrogen and oxygen atoms in total. The van der Waals surface area contributed by atoms with Crippen molar-refractivity contribution in [2.24, 2.45) is 0 Å². The maximum atomic E-state index is 12.7. The number of nitrogens with zero attached hydrogens (tertiary/aromatic N) is 1. The number of methoxy groups -OCH3 is 1. The zero-order valence-corrected chi connectivity index (χ0v) is 14.4. The molecule has 23 heavy (non-hydrogen) atoms. The number of ether oxygens (including phenoxy) is 2. The van der Waals surface area contributed by atoms with Gasteiger partial charge < -0.3 is 24.8 Å². The number of aliphatic hydroxyl groups is 1. The van der Waals surface area contributed by atoms with Gasteiger partial charge in [0.15, 0.2) is 0 Å². The van der Waals surface area contributed by atoms with Gasteiger partial charge in [0.2, 0.25) is 0 Å². The van der Waals surface area contributed by atoms with Crippen LogP contribution in [-0.4, -0.2) is 70.0 Å². The van der Waals surface area contributed by atoms with Gasteiger partial charge >= 0.3 is 12.1 Å². The maximum absolute atomic E-state index is 12.7. The smallest absolute Gasteiger partial charge is 0.408 e. The molecular formula is C14H22N2O6S. The minimum atomic E-state index is -1.47. The molecule has 0 saturated carbocycles. The van der Waals surface area contributed by atoms with E-state index in [1.165, 1.54) is 23.8 Å². The van der Waals surface area contributed by atoms with Crippen molar-refractivity contribution in [3.63, 3.8) is 0 Å². The number of hydrogen-bond acceptors (Lipinski definition) is 7. The van der Waals surface area contributed by atoms with E-state index in [0.29, 0.717) is 5.75 Å². The lowest BCUT2D eigenvalue weighted by molar-refractivity contribution is -0.151. The van der Waals surface area contributed by atoms with Crippen LogP contribution in [-0.2, 0) is 19.1 Å². The zero-order chi connectivity index (χ0) is 17.4. The molecule has 0 aromatic heterocycles. The van der Waals surface area contributed by atoms with Crippen LogP contribution < -0.4 is 5.32 Å². The maximum Gasteiger partial charge on any atom is 0.408 e. The molecule has 2 amide bonds. The van der Waals surface area contributed by atoms with E-state index >= 15 is 0 Å². The number of nitrogens with one attached hydrogen (secondary N) is 1. The van der Waals surface area contributed by atoms with Gasteiger partial charge in [-0.25, -0.2) is 9.59 Å². The van der Waals surface area contributed by atoms with E-state index in [9.17, 15) is 19.5 Å². The van der Waals surface area contributed by atoms with Crippen LogP contribution in [0.5, 0.6) is 0 Å². The molecule has 130 valence electrons. The third kappa shape index (κ3) is 3.40. The molecule has 0 aliphatic carbocycles. The van der Waals surface area contributed by atoms with Crippen LogP contribution in [0.3, 0.4) is 0 Å². The van der Waals surface area contributed by atoms with Crippen molar-refractivity contribution in [3.8, 4) is 0 Å². The SMILES string of the molecule is COC(=O)[C@@H]1CS[C@H]2C[C@@](CO)(NC(=O)OC(C)(C)C)C(=O)N21. The number of aliphatic hydroxyl groups excluding tert-OH is 1. The summed E-state index contributed by atoms with van der Waals surface area (Å²) >= 11 is 1.43. The predicted molar refractivity (Wildman–Crippen MR) is 82.7 cm³/mol. The molecule has 2 aliphatic heterocycles. The van der Waals surface area contributed by atoms with Crippen molar-refractivity contribution in [3.05, 3.63) is 0 Å². The summed E-state index contributed by atoms with van der Waals surface area (Å²) in [6.45, 7) is 4.55. The van der Waals surface area contributed by atoms with E-state index < -0.39 is 41.8 Å². The Hall–Kier alpha value is -1.48. The molecule has 2 aliphatic rings. The zero-order valence-electron chi connectivity index (χ0n) is 13.6. The highest BCUT2D eigenvalue weighted by atomic mass is 32.2. The Morgan fingerprint density at radius 1 is 1.48 bits per heavy atom. The monoisotopic (exact) mass is 346 g/mol. The number of amides is 2. The number of carbonyl (C=O) groups is 3. The number of rotatable bonds is 3. The van der Waals surface area contributed by atoms with Gasteiger partial charge in [0.1, 0.15) is 17.2 Å². The van der Waals surface area contributed by atoms with Crippen molar-refractivity contribution >= 4 is 29.7 Å². The number of carbonyl (C=O) groups excluding carboxylic acids is 3. The van der Waals surface area contributed by atoms with Crippen LogP contribution in [0.25, 0.3) is 0 Å². The van der Waals surface area contributed by atoms with Gasteiger partial charge in [-0.3, -0.25) is 4.79 Å². The number of hydrogen-bond donors (Lipinski definition) is 2. The fourth-order valence-corrected chi connectivity index (χ4v) is 4.23. The van der Waals surface area contributed by atoms with Gasteiger partial charge in [0.25, 0.3) is 5.91 Å². The average Bonchev–Trinajstić information content (AvgIpc) is 2.96. The summed E-state index contributed by atoms with van der Waals surface area (Å²) in [7, 11) is 1.26. The molecule has 0 aromatic rings. The van der Waals surface area contributed by atoms with Gasteiger partial charge in [-0.2, -0.15) is 0 Å². The van der Waals surface area contributed by atoms with Gasteiger partial charge in [-0.05, 0) is 20.8 Å². The Morgan fingerprint density at radius 2 is 2.13 bits per heavy atom. The Balaban J connectivity index is 2.17. The number of thioether (sulfide) groups is 1. The minimum Gasteiger partial charge on any atom is -0.467 e. The molecular weight excluding hydrogens is 324 g/mol. The summed E-state index contributed by atoms with van der Waals surface area (Å²) in [5.74, 6) is -0.549.